The molecule has 2 N–H and O–H groups in total. The second-order valence-corrected chi connectivity index (χ2v) is 6.67. The van der Waals surface area contributed by atoms with Crippen LogP contribution < -0.4 is 10.2 Å². The van der Waals surface area contributed by atoms with Gasteiger partial charge in [-0.2, -0.15) is 5.26 Å². The maximum atomic E-state index is 13.1. The van der Waals surface area contributed by atoms with Crippen LogP contribution in [-0.4, -0.2) is 42.1 Å². The number of hydrogen-bond acceptors (Lipinski definition) is 5. The van der Waals surface area contributed by atoms with E-state index in [0.29, 0.717) is 36.9 Å². The highest BCUT2D eigenvalue weighted by Crippen LogP contribution is 2.26. The second-order valence-electron chi connectivity index (χ2n) is 6.23. The van der Waals surface area contributed by atoms with Gasteiger partial charge < -0.3 is 20.2 Å². The zero-order valence-corrected chi connectivity index (χ0v) is 15.7. The minimum Gasteiger partial charge on any atom is -0.506 e. The van der Waals surface area contributed by atoms with Gasteiger partial charge in [0.25, 0.3) is 5.91 Å². The Labute approximate surface area is 167 Å². The van der Waals surface area contributed by atoms with Gasteiger partial charge in [-0.15, -0.1) is 0 Å². The number of halogens is 2. The summed E-state index contributed by atoms with van der Waals surface area (Å²) in [5.41, 5.74) is 1.12. The van der Waals surface area contributed by atoms with Gasteiger partial charge in [-0.3, -0.25) is 4.79 Å². The molecule has 1 saturated heterocycles. The van der Waals surface area contributed by atoms with Gasteiger partial charge in [0.1, 0.15) is 23.2 Å². The summed E-state index contributed by atoms with van der Waals surface area (Å²) in [7, 11) is 0. The van der Waals surface area contributed by atoms with E-state index in [4.69, 9.17) is 11.6 Å². The van der Waals surface area contributed by atoms with E-state index in [9.17, 15) is 19.6 Å². The van der Waals surface area contributed by atoms with Crippen LogP contribution in [0.3, 0.4) is 0 Å². The lowest BCUT2D eigenvalue weighted by atomic mass is 10.2. The third kappa shape index (κ3) is 4.53. The van der Waals surface area contributed by atoms with E-state index >= 15 is 0 Å². The molecule has 0 radical (unpaired) electrons. The summed E-state index contributed by atoms with van der Waals surface area (Å²) in [5, 5.41) is 22.3. The fourth-order valence-electron chi connectivity index (χ4n) is 2.91. The summed E-state index contributed by atoms with van der Waals surface area (Å²) < 4.78 is 13.1. The number of anilines is 2. The fraction of sp³-hybridized carbons (Fsp3) is 0.200. The van der Waals surface area contributed by atoms with Crippen LogP contribution in [-0.2, 0) is 4.79 Å². The zero-order valence-electron chi connectivity index (χ0n) is 14.9. The first-order chi connectivity index (χ1) is 13.5. The number of carbonyl (C=O) groups excluding carboxylic acids is 1. The van der Waals surface area contributed by atoms with Gasteiger partial charge >= 0.3 is 0 Å². The fourth-order valence-corrected chi connectivity index (χ4v) is 3.08. The highest BCUT2D eigenvalue weighted by Gasteiger charge is 2.24. The van der Waals surface area contributed by atoms with Crippen LogP contribution in [0, 0.1) is 17.1 Å². The van der Waals surface area contributed by atoms with Crippen molar-refractivity contribution in [2.45, 2.75) is 0 Å². The highest BCUT2D eigenvalue weighted by molar-refractivity contribution is 6.30. The van der Waals surface area contributed by atoms with Crippen molar-refractivity contribution in [2.24, 2.45) is 0 Å². The van der Waals surface area contributed by atoms with Crippen molar-refractivity contribution in [1.82, 2.24) is 4.90 Å². The van der Waals surface area contributed by atoms with E-state index in [0.717, 1.165) is 5.69 Å². The molecule has 0 unspecified atom stereocenters. The maximum Gasteiger partial charge on any atom is 0.266 e. The number of aromatic hydroxyl groups is 1. The van der Waals surface area contributed by atoms with Crippen molar-refractivity contribution in [3.8, 4) is 11.8 Å². The molecule has 0 aliphatic carbocycles. The van der Waals surface area contributed by atoms with Crippen LogP contribution in [0.25, 0.3) is 0 Å². The Morgan fingerprint density at radius 3 is 2.50 bits per heavy atom. The number of phenols is 1. The van der Waals surface area contributed by atoms with E-state index in [1.807, 2.05) is 6.07 Å². The molecule has 8 heteroatoms. The number of amides is 1. The van der Waals surface area contributed by atoms with Crippen molar-refractivity contribution in [3.05, 3.63) is 65.1 Å². The van der Waals surface area contributed by atoms with Crippen LogP contribution in [0.15, 0.2) is 54.2 Å². The largest absolute Gasteiger partial charge is 0.506 e. The highest BCUT2D eigenvalue weighted by atomic mass is 35.5. The molecule has 0 bridgehead atoms. The molecule has 2 aromatic carbocycles. The summed E-state index contributed by atoms with van der Waals surface area (Å²) >= 11 is 5.89. The summed E-state index contributed by atoms with van der Waals surface area (Å²) in [6.07, 6.45) is 1.26. The van der Waals surface area contributed by atoms with Gasteiger partial charge in [0.2, 0.25) is 0 Å². The SMILES string of the molecule is N#C/C(=C/Nc1cc(Cl)ccc1O)C(=O)N1CCN(c2ccc(F)cc2)CC1. The molecule has 1 heterocycles. The Bertz CT molecular complexity index is 932. The first kappa shape index (κ1) is 19.5. The molecule has 0 aromatic heterocycles. The minimum absolute atomic E-state index is 0.0432. The number of nitriles is 1. The number of piperazine rings is 1. The number of hydrogen-bond donors (Lipinski definition) is 2. The minimum atomic E-state index is -0.393. The van der Waals surface area contributed by atoms with E-state index < -0.39 is 5.91 Å². The molecule has 1 fully saturated rings. The molecule has 0 spiro atoms. The van der Waals surface area contributed by atoms with Crippen LogP contribution in [0.1, 0.15) is 0 Å². The summed E-state index contributed by atoms with van der Waals surface area (Å²) in [6.45, 7) is 2.05. The van der Waals surface area contributed by atoms with Crippen LogP contribution in [0.4, 0.5) is 15.8 Å². The molecule has 144 valence electrons. The van der Waals surface area contributed by atoms with Gasteiger partial charge in [0.05, 0.1) is 5.69 Å². The van der Waals surface area contributed by atoms with Crippen LogP contribution in [0.2, 0.25) is 5.02 Å². The Morgan fingerprint density at radius 2 is 1.86 bits per heavy atom. The maximum absolute atomic E-state index is 13.1. The summed E-state index contributed by atoms with van der Waals surface area (Å²) in [6, 6.07) is 12.5. The standard InChI is InChI=1S/C20H18ClFN4O2/c21-15-1-6-19(27)18(11-15)24-13-14(12-23)20(28)26-9-7-25(8-10-26)17-4-2-16(22)3-5-17/h1-6,11,13,24,27H,7-10H2/b14-13-. The number of nitrogens with one attached hydrogen (secondary N) is 1. The average Bonchev–Trinajstić information content (AvgIpc) is 2.71. The van der Waals surface area contributed by atoms with Gasteiger partial charge in [-0.1, -0.05) is 11.6 Å². The van der Waals surface area contributed by atoms with Crippen molar-refractivity contribution in [2.75, 3.05) is 36.4 Å². The molecule has 3 rings (SSSR count). The number of benzene rings is 2. The van der Waals surface area contributed by atoms with E-state index in [1.54, 1.807) is 17.0 Å². The first-order valence-electron chi connectivity index (χ1n) is 8.63. The third-order valence-corrected chi connectivity index (χ3v) is 4.68. The Balaban J connectivity index is 1.63. The topological polar surface area (TPSA) is 79.6 Å². The molecule has 0 atom stereocenters. The van der Waals surface area contributed by atoms with E-state index in [2.05, 4.69) is 10.2 Å². The van der Waals surface area contributed by atoms with Crippen molar-refractivity contribution >= 4 is 28.9 Å². The van der Waals surface area contributed by atoms with Gasteiger partial charge in [0.15, 0.2) is 0 Å². The molecule has 2 aromatic rings. The van der Waals surface area contributed by atoms with E-state index in [1.165, 1.54) is 36.5 Å². The molecule has 0 saturated carbocycles. The molecule has 6 nitrogen and oxygen atoms in total. The van der Waals surface area contributed by atoms with Crippen LogP contribution >= 0.6 is 11.6 Å². The predicted molar refractivity (Wildman–Crippen MR) is 106 cm³/mol. The van der Waals surface area contributed by atoms with Crippen molar-refractivity contribution < 1.29 is 14.3 Å². The molecular weight excluding hydrogens is 383 g/mol. The van der Waals surface area contributed by atoms with Crippen molar-refractivity contribution in [1.29, 1.82) is 5.26 Å². The molecule has 1 amide bonds. The Morgan fingerprint density at radius 1 is 1.18 bits per heavy atom. The number of carbonyl (C=O) groups is 1. The third-order valence-electron chi connectivity index (χ3n) is 4.44. The number of rotatable bonds is 4. The molecule has 1 aliphatic rings. The summed E-state index contributed by atoms with van der Waals surface area (Å²) in [4.78, 5) is 16.3. The normalized spacial score (nSPS) is 14.5. The monoisotopic (exact) mass is 400 g/mol. The van der Waals surface area contributed by atoms with Gasteiger partial charge in [0, 0.05) is 43.1 Å². The molecule has 28 heavy (non-hydrogen) atoms. The van der Waals surface area contributed by atoms with Crippen LogP contribution in [0.5, 0.6) is 5.75 Å². The quantitative estimate of drug-likeness (QED) is 0.467. The lowest BCUT2D eigenvalue weighted by Gasteiger charge is -2.36. The zero-order chi connectivity index (χ0) is 20.1. The lowest BCUT2D eigenvalue weighted by molar-refractivity contribution is -0.127. The smallest absolute Gasteiger partial charge is 0.266 e. The van der Waals surface area contributed by atoms with Gasteiger partial charge in [-0.05, 0) is 42.5 Å². The Kier molecular flexibility index (Phi) is 6.02. The number of nitrogens with zero attached hydrogens (tertiary/aromatic N) is 3. The second kappa shape index (κ2) is 8.63. The predicted octanol–water partition coefficient (Wildman–Crippen LogP) is 3.35. The average molecular weight is 401 g/mol. The van der Waals surface area contributed by atoms with E-state index in [-0.39, 0.29) is 17.1 Å². The molecular formula is C20H18ClFN4O2. The van der Waals surface area contributed by atoms with Crippen molar-refractivity contribution in [3.63, 3.8) is 0 Å². The number of phenolic OH excluding ortho intramolecular Hbond substituents is 1. The summed E-state index contributed by atoms with van der Waals surface area (Å²) in [5.74, 6) is -0.729. The molecule has 1 aliphatic heterocycles. The Hall–Kier alpha value is -3.24. The van der Waals surface area contributed by atoms with Gasteiger partial charge in [-0.25, -0.2) is 4.39 Å². The lowest BCUT2D eigenvalue weighted by Crippen LogP contribution is -2.49. The first-order valence-corrected chi connectivity index (χ1v) is 9.01.